The molecule has 0 amide bonds. The van der Waals surface area contributed by atoms with Crippen molar-refractivity contribution in [3.63, 3.8) is 0 Å². The van der Waals surface area contributed by atoms with E-state index in [0.29, 0.717) is 38.2 Å². The first-order chi connectivity index (χ1) is 12.9. The first kappa shape index (κ1) is 18.0. The van der Waals surface area contributed by atoms with Crippen LogP contribution in [0.5, 0.6) is 0 Å². The Bertz CT molecular complexity index is 1200. The van der Waals surface area contributed by atoms with Crippen molar-refractivity contribution in [1.82, 2.24) is 4.98 Å². The summed E-state index contributed by atoms with van der Waals surface area (Å²) in [6, 6.07) is 15.5. The lowest BCUT2D eigenvalue weighted by atomic mass is 10.1. The van der Waals surface area contributed by atoms with E-state index in [1.165, 1.54) is 6.07 Å². The minimum atomic E-state index is -1.03. The summed E-state index contributed by atoms with van der Waals surface area (Å²) in [6.45, 7) is 0. The fraction of sp³-hybridized carbons (Fsp3) is 0. The van der Waals surface area contributed by atoms with Crippen LogP contribution in [0.2, 0.25) is 10.0 Å². The standard InChI is InChI=1S/C20H10BrCl2NO3/c21-11-2-4-16-12(8-11)13(20(25)26)9-17(24-16)19-6-5-18(27-19)10-1-3-14(22)15(23)7-10/h1-9H,(H,25,26). The summed E-state index contributed by atoms with van der Waals surface area (Å²) in [5.41, 5.74) is 1.93. The van der Waals surface area contributed by atoms with E-state index in [1.807, 2.05) is 6.07 Å². The molecule has 2 aromatic heterocycles. The monoisotopic (exact) mass is 461 g/mol. The topological polar surface area (TPSA) is 63.3 Å². The molecule has 0 unspecified atom stereocenters. The van der Waals surface area contributed by atoms with Crippen LogP contribution < -0.4 is 0 Å². The predicted molar refractivity (Wildman–Crippen MR) is 110 cm³/mol. The summed E-state index contributed by atoms with van der Waals surface area (Å²) < 4.78 is 6.68. The lowest BCUT2D eigenvalue weighted by Gasteiger charge is -2.06. The molecule has 1 N–H and O–H groups in total. The number of aromatic carboxylic acids is 1. The van der Waals surface area contributed by atoms with E-state index in [9.17, 15) is 9.90 Å². The van der Waals surface area contributed by atoms with Crippen molar-refractivity contribution >= 4 is 56.0 Å². The SMILES string of the molecule is O=C(O)c1cc(-c2ccc(-c3ccc(Cl)c(Cl)c3)o2)nc2ccc(Br)cc12. The van der Waals surface area contributed by atoms with Gasteiger partial charge in [0.25, 0.3) is 0 Å². The van der Waals surface area contributed by atoms with Crippen LogP contribution in [0, 0.1) is 0 Å². The number of halogens is 3. The zero-order valence-electron chi connectivity index (χ0n) is 13.5. The number of carbonyl (C=O) groups is 1. The fourth-order valence-corrected chi connectivity index (χ4v) is 3.44. The molecular weight excluding hydrogens is 453 g/mol. The van der Waals surface area contributed by atoms with Gasteiger partial charge in [0.05, 0.1) is 21.1 Å². The maximum atomic E-state index is 11.7. The van der Waals surface area contributed by atoms with Gasteiger partial charge in [0.2, 0.25) is 0 Å². The molecule has 0 spiro atoms. The minimum absolute atomic E-state index is 0.156. The summed E-state index contributed by atoms with van der Waals surface area (Å²) in [4.78, 5) is 16.2. The highest BCUT2D eigenvalue weighted by Crippen LogP contribution is 2.33. The van der Waals surface area contributed by atoms with Gasteiger partial charge in [-0.3, -0.25) is 0 Å². The van der Waals surface area contributed by atoms with Crippen LogP contribution >= 0.6 is 39.1 Å². The fourth-order valence-electron chi connectivity index (χ4n) is 2.78. The summed E-state index contributed by atoms with van der Waals surface area (Å²) in [7, 11) is 0. The van der Waals surface area contributed by atoms with Crippen LogP contribution in [0.1, 0.15) is 10.4 Å². The van der Waals surface area contributed by atoms with E-state index >= 15 is 0 Å². The van der Waals surface area contributed by atoms with Crippen LogP contribution in [0.25, 0.3) is 33.7 Å². The number of benzene rings is 2. The largest absolute Gasteiger partial charge is 0.478 e. The molecule has 4 nitrogen and oxygen atoms in total. The van der Waals surface area contributed by atoms with Crippen molar-refractivity contribution < 1.29 is 14.3 Å². The number of aromatic nitrogens is 1. The highest BCUT2D eigenvalue weighted by molar-refractivity contribution is 9.10. The maximum Gasteiger partial charge on any atom is 0.336 e. The lowest BCUT2D eigenvalue weighted by Crippen LogP contribution is -2.00. The third-order valence-electron chi connectivity index (χ3n) is 4.06. The van der Waals surface area contributed by atoms with Gasteiger partial charge in [0, 0.05) is 15.4 Å². The number of carboxylic acids is 1. The van der Waals surface area contributed by atoms with Crippen LogP contribution in [0.3, 0.4) is 0 Å². The Labute approximate surface area is 172 Å². The highest BCUT2D eigenvalue weighted by atomic mass is 79.9. The average molecular weight is 463 g/mol. The van der Waals surface area contributed by atoms with Gasteiger partial charge in [-0.05, 0) is 54.6 Å². The lowest BCUT2D eigenvalue weighted by molar-refractivity contribution is 0.0699. The Morgan fingerprint density at radius 1 is 0.963 bits per heavy atom. The molecule has 0 saturated heterocycles. The van der Waals surface area contributed by atoms with Crippen molar-refractivity contribution in [3.8, 4) is 22.8 Å². The predicted octanol–water partition coefficient (Wildman–Crippen LogP) is 6.93. The van der Waals surface area contributed by atoms with Gasteiger partial charge in [-0.2, -0.15) is 0 Å². The van der Waals surface area contributed by atoms with Gasteiger partial charge in [0.1, 0.15) is 11.5 Å². The van der Waals surface area contributed by atoms with Crippen molar-refractivity contribution in [3.05, 3.63) is 74.7 Å². The molecule has 4 rings (SSSR count). The first-order valence-corrected chi connectivity index (χ1v) is 9.36. The summed E-state index contributed by atoms with van der Waals surface area (Å²) in [6.07, 6.45) is 0. The number of hydrogen-bond acceptors (Lipinski definition) is 3. The zero-order chi connectivity index (χ0) is 19.1. The zero-order valence-corrected chi connectivity index (χ0v) is 16.6. The molecule has 0 bridgehead atoms. The maximum absolute atomic E-state index is 11.7. The van der Waals surface area contributed by atoms with Gasteiger partial charge >= 0.3 is 5.97 Å². The third-order valence-corrected chi connectivity index (χ3v) is 5.30. The van der Waals surface area contributed by atoms with Gasteiger partial charge in [-0.25, -0.2) is 9.78 Å². The Morgan fingerprint density at radius 2 is 1.74 bits per heavy atom. The molecule has 2 heterocycles. The van der Waals surface area contributed by atoms with Gasteiger partial charge in [-0.15, -0.1) is 0 Å². The molecule has 0 radical (unpaired) electrons. The Balaban J connectivity index is 1.83. The van der Waals surface area contributed by atoms with Gasteiger partial charge in [-0.1, -0.05) is 39.1 Å². The second-order valence-corrected chi connectivity index (χ2v) is 7.54. The van der Waals surface area contributed by atoms with E-state index in [2.05, 4.69) is 20.9 Å². The molecule has 27 heavy (non-hydrogen) atoms. The van der Waals surface area contributed by atoms with Crippen molar-refractivity contribution in [2.75, 3.05) is 0 Å². The van der Waals surface area contributed by atoms with Gasteiger partial charge < -0.3 is 9.52 Å². The number of fused-ring (bicyclic) bond motifs is 1. The molecule has 0 aliphatic heterocycles. The molecule has 7 heteroatoms. The van der Waals surface area contributed by atoms with E-state index < -0.39 is 5.97 Å². The Morgan fingerprint density at radius 3 is 2.48 bits per heavy atom. The van der Waals surface area contributed by atoms with Crippen LogP contribution in [0.15, 0.2) is 63.5 Å². The third kappa shape index (κ3) is 3.46. The minimum Gasteiger partial charge on any atom is -0.478 e. The average Bonchev–Trinajstić information content (AvgIpc) is 3.13. The number of furan rings is 1. The Kier molecular flexibility index (Phi) is 4.68. The van der Waals surface area contributed by atoms with E-state index in [0.717, 1.165) is 10.0 Å². The molecule has 4 aromatic rings. The summed E-state index contributed by atoms with van der Waals surface area (Å²) >= 11 is 15.4. The molecule has 0 aliphatic rings. The molecule has 134 valence electrons. The second-order valence-electron chi connectivity index (χ2n) is 5.81. The quantitative estimate of drug-likeness (QED) is 0.358. The summed E-state index contributed by atoms with van der Waals surface area (Å²) in [5.74, 6) is 0.0135. The molecule has 2 aromatic carbocycles. The van der Waals surface area contributed by atoms with Crippen molar-refractivity contribution in [2.24, 2.45) is 0 Å². The van der Waals surface area contributed by atoms with Crippen molar-refractivity contribution in [2.45, 2.75) is 0 Å². The molecule has 0 fully saturated rings. The number of hydrogen-bond donors (Lipinski definition) is 1. The van der Waals surface area contributed by atoms with E-state index in [1.54, 1.807) is 42.5 Å². The molecular formula is C20H10BrCl2NO3. The van der Waals surface area contributed by atoms with E-state index in [-0.39, 0.29) is 5.56 Å². The number of pyridine rings is 1. The first-order valence-electron chi connectivity index (χ1n) is 7.81. The summed E-state index contributed by atoms with van der Waals surface area (Å²) in [5, 5.41) is 11.0. The number of nitrogens with zero attached hydrogens (tertiary/aromatic N) is 1. The van der Waals surface area contributed by atoms with Crippen LogP contribution in [0.4, 0.5) is 0 Å². The van der Waals surface area contributed by atoms with Crippen LogP contribution in [-0.2, 0) is 0 Å². The molecule has 0 atom stereocenters. The number of carboxylic acid groups (broad SMARTS) is 1. The van der Waals surface area contributed by atoms with Crippen molar-refractivity contribution in [1.29, 1.82) is 0 Å². The van der Waals surface area contributed by atoms with E-state index in [4.69, 9.17) is 27.6 Å². The smallest absolute Gasteiger partial charge is 0.336 e. The van der Waals surface area contributed by atoms with Gasteiger partial charge in [0.15, 0.2) is 5.76 Å². The number of rotatable bonds is 3. The highest BCUT2D eigenvalue weighted by Gasteiger charge is 2.16. The molecule has 0 saturated carbocycles. The molecule has 0 aliphatic carbocycles. The Hall–Kier alpha value is -2.34. The normalized spacial score (nSPS) is 11.1. The second kappa shape index (κ2) is 7.00. The van der Waals surface area contributed by atoms with Crippen LogP contribution in [-0.4, -0.2) is 16.1 Å².